The van der Waals surface area contributed by atoms with Gasteiger partial charge in [0.2, 0.25) is 0 Å². The molecule has 0 atom stereocenters. The Morgan fingerprint density at radius 3 is 2.45 bits per heavy atom. The van der Waals surface area contributed by atoms with Crippen LogP contribution in [0.1, 0.15) is 28.4 Å². The van der Waals surface area contributed by atoms with Crippen molar-refractivity contribution >= 4 is 34.9 Å². The van der Waals surface area contributed by atoms with E-state index in [9.17, 15) is 9.59 Å². The van der Waals surface area contributed by atoms with Gasteiger partial charge in [-0.15, -0.1) is 0 Å². The number of carbonyl (C=O) groups is 2. The van der Waals surface area contributed by atoms with Crippen LogP contribution in [0, 0.1) is 6.92 Å². The van der Waals surface area contributed by atoms with E-state index in [-0.39, 0.29) is 5.11 Å². The average Bonchev–Trinajstić information content (AvgIpc) is 2.74. The third kappa shape index (κ3) is 6.38. The summed E-state index contributed by atoms with van der Waals surface area (Å²) >= 11 is 5.27. The number of hydrogen-bond donors (Lipinski definition) is 2. The first-order valence-electron chi connectivity index (χ1n) is 9.59. The Labute approximate surface area is 186 Å². The van der Waals surface area contributed by atoms with E-state index in [0.29, 0.717) is 34.9 Å². The summed E-state index contributed by atoms with van der Waals surface area (Å²) in [5.74, 6) is 0.155. The molecular formula is C24H22N2O4S. The Bertz CT molecular complexity index is 1100. The highest BCUT2D eigenvalue weighted by molar-refractivity contribution is 7.80. The quantitative estimate of drug-likeness (QED) is 0.335. The zero-order valence-electron chi connectivity index (χ0n) is 17.2. The predicted octanol–water partition coefficient (Wildman–Crippen LogP) is 4.63. The fourth-order valence-electron chi connectivity index (χ4n) is 2.86. The van der Waals surface area contributed by atoms with E-state index in [2.05, 4.69) is 10.6 Å². The number of benzene rings is 3. The molecule has 3 aromatic rings. The second kappa shape index (κ2) is 10.4. The molecule has 1 amide bonds. The number of anilines is 1. The van der Waals surface area contributed by atoms with Crippen LogP contribution >= 0.6 is 12.2 Å². The van der Waals surface area contributed by atoms with Crippen molar-refractivity contribution in [1.29, 1.82) is 0 Å². The minimum Gasteiger partial charge on any atom is -0.489 e. The van der Waals surface area contributed by atoms with Crippen molar-refractivity contribution < 1.29 is 19.1 Å². The maximum absolute atomic E-state index is 12.6. The van der Waals surface area contributed by atoms with Crippen molar-refractivity contribution in [3.05, 3.63) is 89.5 Å². The number of thiocarbonyl (C=S) groups is 1. The first-order chi connectivity index (χ1) is 14.9. The van der Waals surface area contributed by atoms with E-state index in [4.69, 9.17) is 21.7 Å². The zero-order chi connectivity index (χ0) is 22.2. The topological polar surface area (TPSA) is 76.7 Å². The summed E-state index contributed by atoms with van der Waals surface area (Å²) in [4.78, 5) is 23.8. The van der Waals surface area contributed by atoms with Gasteiger partial charge in [0.1, 0.15) is 18.1 Å². The first-order valence-corrected chi connectivity index (χ1v) is 10.0. The molecule has 6 nitrogen and oxygen atoms in total. The molecular weight excluding hydrogens is 412 g/mol. The molecule has 2 N–H and O–H groups in total. The number of ether oxygens (including phenoxy) is 2. The molecule has 3 aromatic carbocycles. The van der Waals surface area contributed by atoms with Crippen LogP contribution in [0.3, 0.4) is 0 Å². The largest absolute Gasteiger partial charge is 0.489 e. The van der Waals surface area contributed by atoms with Gasteiger partial charge in [-0.05, 0) is 49.0 Å². The first kappa shape index (κ1) is 22.0. The molecule has 0 radical (unpaired) electrons. The Morgan fingerprint density at radius 2 is 1.71 bits per heavy atom. The summed E-state index contributed by atoms with van der Waals surface area (Å²) in [6, 6.07) is 22.1. The SMILES string of the molecule is CC(=O)Oc1cccc(C(=O)NC(=S)Nc2cccc(OCc3ccccc3)c2)c1C. The third-order valence-electron chi connectivity index (χ3n) is 4.35. The summed E-state index contributed by atoms with van der Waals surface area (Å²) in [5.41, 5.74) is 2.66. The van der Waals surface area contributed by atoms with Crippen molar-refractivity contribution in [2.45, 2.75) is 20.5 Å². The van der Waals surface area contributed by atoms with Crippen LogP contribution in [-0.4, -0.2) is 17.0 Å². The van der Waals surface area contributed by atoms with Gasteiger partial charge in [-0.1, -0.05) is 42.5 Å². The minimum absolute atomic E-state index is 0.141. The standard InChI is InChI=1S/C24H22N2O4S/c1-16-21(12-7-13-22(16)30-17(2)27)23(28)26-24(31)25-19-10-6-11-20(14-19)29-15-18-8-4-3-5-9-18/h3-14H,15H2,1-2H3,(H2,25,26,28,31). The maximum Gasteiger partial charge on any atom is 0.308 e. The van der Waals surface area contributed by atoms with Crippen LogP contribution < -0.4 is 20.1 Å². The van der Waals surface area contributed by atoms with Crippen molar-refractivity contribution in [1.82, 2.24) is 5.32 Å². The van der Waals surface area contributed by atoms with Gasteiger partial charge in [0, 0.05) is 29.8 Å². The number of amides is 1. The van der Waals surface area contributed by atoms with E-state index in [0.717, 1.165) is 5.56 Å². The lowest BCUT2D eigenvalue weighted by molar-refractivity contribution is -0.131. The lowest BCUT2D eigenvalue weighted by Crippen LogP contribution is -2.34. The molecule has 0 aliphatic carbocycles. The Hall–Kier alpha value is -3.71. The molecule has 0 bridgehead atoms. The van der Waals surface area contributed by atoms with Crippen LogP contribution in [-0.2, 0) is 11.4 Å². The van der Waals surface area contributed by atoms with Crippen molar-refractivity contribution in [2.24, 2.45) is 0 Å². The van der Waals surface area contributed by atoms with Gasteiger partial charge in [0.15, 0.2) is 5.11 Å². The van der Waals surface area contributed by atoms with E-state index >= 15 is 0 Å². The van der Waals surface area contributed by atoms with Crippen LogP contribution in [0.15, 0.2) is 72.8 Å². The van der Waals surface area contributed by atoms with Gasteiger partial charge in [0.05, 0.1) is 0 Å². The molecule has 0 aliphatic heterocycles. The highest BCUT2D eigenvalue weighted by Crippen LogP contribution is 2.22. The third-order valence-corrected chi connectivity index (χ3v) is 4.55. The number of esters is 1. The number of rotatable bonds is 6. The second-order valence-electron chi connectivity index (χ2n) is 6.73. The number of carbonyl (C=O) groups excluding carboxylic acids is 2. The summed E-state index contributed by atoms with van der Waals surface area (Å²) in [5, 5.41) is 5.77. The van der Waals surface area contributed by atoms with Crippen LogP contribution in [0.25, 0.3) is 0 Å². The molecule has 31 heavy (non-hydrogen) atoms. The van der Waals surface area contributed by atoms with E-state index in [1.807, 2.05) is 48.5 Å². The zero-order valence-corrected chi connectivity index (χ0v) is 18.0. The lowest BCUT2D eigenvalue weighted by Gasteiger charge is -2.13. The second-order valence-corrected chi connectivity index (χ2v) is 7.14. The van der Waals surface area contributed by atoms with Gasteiger partial charge in [-0.3, -0.25) is 14.9 Å². The normalized spacial score (nSPS) is 10.1. The highest BCUT2D eigenvalue weighted by Gasteiger charge is 2.15. The Morgan fingerprint density at radius 1 is 0.968 bits per heavy atom. The van der Waals surface area contributed by atoms with Crippen molar-refractivity contribution in [2.75, 3.05) is 5.32 Å². The smallest absolute Gasteiger partial charge is 0.308 e. The molecule has 0 saturated carbocycles. The van der Waals surface area contributed by atoms with Crippen molar-refractivity contribution in [3.8, 4) is 11.5 Å². The van der Waals surface area contributed by atoms with Crippen LogP contribution in [0.5, 0.6) is 11.5 Å². The monoisotopic (exact) mass is 434 g/mol. The van der Waals surface area contributed by atoms with Crippen LogP contribution in [0.4, 0.5) is 5.69 Å². The molecule has 0 heterocycles. The molecule has 0 aromatic heterocycles. The molecule has 3 rings (SSSR count). The fraction of sp³-hybridized carbons (Fsp3) is 0.125. The Balaban J connectivity index is 1.61. The fourth-order valence-corrected chi connectivity index (χ4v) is 3.07. The van der Waals surface area contributed by atoms with E-state index in [1.165, 1.54) is 6.92 Å². The molecule has 7 heteroatoms. The predicted molar refractivity (Wildman–Crippen MR) is 123 cm³/mol. The highest BCUT2D eigenvalue weighted by atomic mass is 32.1. The summed E-state index contributed by atoms with van der Waals surface area (Å²) < 4.78 is 10.9. The molecule has 0 saturated heterocycles. The summed E-state index contributed by atoms with van der Waals surface area (Å²) in [6.07, 6.45) is 0. The average molecular weight is 435 g/mol. The van der Waals surface area contributed by atoms with Gasteiger partial charge in [-0.2, -0.15) is 0 Å². The number of nitrogens with one attached hydrogen (secondary N) is 2. The van der Waals surface area contributed by atoms with Crippen molar-refractivity contribution in [3.63, 3.8) is 0 Å². The van der Waals surface area contributed by atoms with Crippen LogP contribution in [0.2, 0.25) is 0 Å². The number of hydrogen-bond acceptors (Lipinski definition) is 5. The molecule has 0 unspecified atom stereocenters. The molecule has 0 fully saturated rings. The maximum atomic E-state index is 12.6. The minimum atomic E-state index is -0.452. The lowest BCUT2D eigenvalue weighted by atomic mass is 10.1. The van der Waals surface area contributed by atoms with Gasteiger partial charge in [0.25, 0.3) is 5.91 Å². The van der Waals surface area contributed by atoms with Gasteiger partial charge < -0.3 is 14.8 Å². The summed E-state index contributed by atoms with van der Waals surface area (Å²) in [7, 11) is 0. The van der Waals surface area contributed by atoms with Gasteiger partial charge >= 0.3 is 5.97 Å². The molecule has 0 aliphatic rings. The molecule has 0 spiro atoms. The van der Waals surface area contributed by atoms with Gasteiger partial charge in [-0.25, -0.2) is 0 Å². The van der Waals surface area contributed by atoms with E-state index < -0.39 is 11.9 Å². The molecule has 158 valence electrons. The summed E-state index contributed by atoms with van der Waals surface area (Å²) in [6.45, 7) is 3.46. The Kier molecular flexibility index (Phi) is 7.35. The van der Waals surface area contributed by atoms with E-state index in [1.54, 1.807) is 31.2 Å².